The van der Waals surface area contributed by atoms with Gasteiger partial charge < -0.3 is 14.9 Å². The molecule has 0 spiro atoms. The lowest BCUT2D eigenvalue weighted by Crippen LogP contribution is -2.17. The van der Waals surface area contributed by atoms with E-state index < -0.39 is 0 Å². The zero-order valence-corrected chi connectivity index (χ0v) is 21.8. The van der Waals surface area contributed by atoms with E-state index >= 15 is 0 Å². The van der Waals surface area contributed by atoms with Crippen molar-refractivity contribution in [2.75, 3.05) is 20.3 Å². The van der Waals surface area contributed by atoms with Crippen LogP contribution in [0, 0.1) is 23.2 Å². The van der Waals surface area contributed by atoms with E-state index in [4.69, 9.17) is 19.9 Å². The fourth-order valence-electron chi connectivity index (χ4n) is 5.26. The predicted octanol–water partition coefficient (Wildman–Crippen LogP) is 7.02. The van der Waals surface area contributed by atoms with Gasteiger partial charge in [-0.3, -0.25) is 9.79 Å². The minimum absolute atomic E-state index is 0.178. The summed E-state index contributed by atoms with van der Waals surface area (Å²) in [5.41, 5.74) is 4.51. The van der Waals surface area contributed by atoms with Crippen molar-refractivity contribution in [3.05, 3.63) is 53.1 Å². The molecular weight excluding hydrogens is 448 g/mol. The molecule has 1 heterocycles. The molecule has 0 amide bonds. The van der Waals surface area contributed by atoms with Crippen LogP contribution >= 0.6 is 0 Å². The van der Waals surface area contributed by atoms with Gasteiger partial charge in [0.2, 0.25) is 0 Å². The molecule has 1 aromatic rings. The number of carbonyl (C=O) groups is 1. The number of benzene rings is 1. The lowest BCUT2D eigenvalue weighted by molar-refractivity contribution is -0.124. The molecule has 36 heavy (non-hydrogen) atoms. The number of allylic oxidation sites excluding steroid dienone is 6. The molecule has 2 unspecified atom stereocenters. The first kappa shape index (κ1) is 26.1. The summed E-state index contributed by atoms with van der Waals surface area (Å²) in [4.78, 5) is 17.3. The Hall–Kier alpha value is -2.95. The Balaban J connectivity index is 1.50. The van der Waals surface area contributed by atoms with Gasteiger partial charge in [-0.25, -0.2) is 0 Å². The fourth-order valence-corrected chi connectivity index (χ4v) is 5.26. The van der Waals surface area contributed by atoms with Gasteiger partial charge in [-0.2, -0.15) is 0 Å². The van der Waals surface area contributed by atoms with Gasteiger partial charge in [-0.15, -0.1) is 0 Å². The minimum Gasteiger partial charge on any atom is -0.493 e. The third-order valence-corrected chi connectivity index (χ3v) is 7.50. The monoisotopic (exact) mass is 488 g/mol. The molecule has 2 atom stereocenters. The van der Waals surface area contributed by atoms with Crippen LogP contribution in [0.3, 0.4) is 0 Å². The number of ketones is 1. The number of aliphatic imine (C=N–C) groups is 1. The van der Waals surface area contributed by atoms with Gasteiger partial charge in [0.1, 0.15) is 5.78 Å². The van der Waals surface area contributed by atoms with E-state index in [1.165, 1.54) is 11.8 Å². The topological polar surface area (TPSA) is 71.7 Å². The number of ether oxygens (including phenoxy) is 2. The first-order valence-electron chi connectivity index (χ1n) is 13.6. The quantitative estimate of drug-likeness (QED) is 0.254. The molecule has 0 aromatic heterocycles. The molecule has 192 valence electrons. The Bertz CT molecular complexity index is 1060. The first-order chi connectivity index (χ1) is 17.6. The molecule has 1 saturated carbocycles. The van der Waals surface area contributed by atoms with Gasteiger partial charge in [-0.05, 0) is 86.1 Å². The summed E-state index contributed by atoms with van der Waals surface area (Å²) in [5.74, 6) is 2.86. The van der Waals surface area contributed by atoms with Crippen molar-refractivity contribution in [1.29, 1.82) is 5.41 Å². The molecule has 0 radical (unpaired) electrons. The molecule has 1 aliphatic heterocycles. The molecule has 2 aliphatic carbocycles. The average molecular weight is 489 g/mol. The lowest BCUT2D eigenvalue weighted by Gasteiger charge is -2.22. The number of rotatable bonds is 12. The van der Waals surface area contributed by atoms with Crippen LogP contribution in [0.2, 0.25) is 0 Å². The standard InChI is InChI=1S/C31H40N2O3/c1-3-5-24(31(34)25-11-12-25)6-4-17-36-30-19-27(13-14-29(30)35-2)28-21-33-16-15-22-7-8-23(20-32)9-10-26(28)18-22/h7-9,13-14,19-22,24-25,32H,3-6,10-12,15-18H2,1-2H3. The number of hydrogen-bond donors (Lipinski definition) is 1. The van der Waals surface area contributed by atoms with E-state index in [0.29, 0.717) is 24.2 Å². The Morgan fingerprint density at radius 1 is 1.22 bits per heavy atom. The summed E-state index contributed by atoms with van der Waals surface area (Å²) < 4.78 is 11.8. The number of fused-ring (bicyclic) bond motifs is 2. The van der Waals surface area contributed by atoms with E-state index in [9.17, 15) is 4.79 Å². The van der Waals surface area contributed by atoms with Crippen LogP contribution in [-0.2, 0) is 4.79 Å². The van der Waals surface area contributed by atoms with Crippen molar-refractivity contribution in [1.82, 2.24) is 0 Å². The van der Waals surface area contributed by atoms with Gasteiger partial charge in [0.05, 0.1) is 13.7 Å². The Kier molecular flexibility index (Phi) is 9.32. The van der Waals surface area contributed by atoms with E-state index in [1.54, 1.807) is 7.11 Å². The van der Waals surface area contributed by atoms with Gasteiger partial charge in [0.15, 0.2) is 11.5 Å². The van der Waals surface area contributed by atoms with E-state index in [0.717, 1.165) is 92.5 Å². The third-order valence-electron chi connectivity index (χ3n) is 7.50. The van der Waals surface area contributed by atoms with E-state index in [-0.39, 0.29) is 5.92 Å². The van der Waals surface area contributed by atoms with Crippen molar-refractivity contribution in [3.63, 3.8) is 0 Å². The second-order valence-corrected chi connectivity index (χ2v) is 10.2. The van der Waals surface area contributed by atoms with Crippen LogP contribution in [0.25, 0.3) is 5.57 Å². The Labute approximate surface area is 215 Å². The fraction of sp³-hybridized carbons (Fsp3) is 0.516. The highest BCUT2D eigenvalue weighted by Crippen LogP contribution is 2.37. The number of hydrogen-bond acceptors (Lipinski definition) is 5. The number of carbonyl (C=O) groups excluding carboxylic acids is 1. The van der Waals surface area contributed by atoms with Gasteiger partial charge in [0.25, 0.3) is 0 Å². The molecular formula is C31H40N2O3. The van der Waals surface area contributed by atoms with E-state index in [1.807, 2.05) is 12.3 Å². The maximum Gasteiger partial charge on any atom is 0.161 e. The smallest absolute Gasteiger partial charge is 0.161 e. The average Bonchev–Trinajstić information content (AvgIpc) is 3.71. The van der Waals surface area contributed by atoms with E-state index in [2.05, 4.69) is 37.3 Å². The van der Waals surface area contributed by atoms with Crippen LogP contribution in [-0.4, -0.2) is 38.5 Å². The summed E-state index contributed by atoms with van der Waals surface area (Å²) in [7, 11) is 1.67. The highest BCUT2D eigenvalue weighted by atomic mass is 16.5. The number of nitrogens with one attached hydrogen (secondary N) is 1. The molecule has 5 nitrogen and oxygen atoms in total. The van der Waals surface area contributed by atoms with Crippen LogP contribution in [0.4, 0.5) is 0 Å². The van der Waals surface area contributed by atoms with Crippen molar-refractivity contribution < 1.29 is 14.3 Å². The molecule has 1 fully saturated rings. The van der Waals surface area contributed by atoms with Gasteiger partial charge in [-0.1, -0.05) is 43.2 Å². The Morgan fingerprint density at radius 3 is 2.83 bits per heavy atom. The predicted molar refractivity (Wildman–Crippen MR) is 147 cm³/mol. The first-order valence-corrected chi connectivity index (χ1v) is 13.6. The summed E-state index contributed by atoms with van der Waals surface area (Å²) >= 11 is 0. The normalized spacial score (nSPS) is 20.5. The summed E-state index contributed by atoms with van der Waals surface area (Å²) in [6, 6.07) is 6.12. The molecule has 5 heteroatoms. The van der Waals surface area contributed by atoms with Crippen molar-refractivity contribution in [2.24, 2.45) is 22.7 Å². The maximum absolute atomic E-state index is 12.6. The molecule has 0 saturated heterocycles. The number of nitrogens with zero attached hydrogens (tertiary/aromatic N) is 1. The van der Waals surface area contributed by atoms with Gasteiger partial charge >= 0.3 is 0 Å². The second-order valence-electron chi connectivity index (χ2n) is 10.2. The van der Waals surface area contributed by atoms with Crippen molar-refractivity contribution in [2.45, 2.75) is 64.7 Å². The largest absolute Gasteiger partial charge is 0.493 e. The Morgan fingerprint density at radius 2 is 2.08 bits per heavy atom. The number of methoxy groups -OCH3 is 1. The highest BCUT2D eigenvalue weighted by molar-refractivity contribution is 6.11. The molecule has 4 rings (SSSR count). The van der Waals surface area contributed by atoms with Crippen molar-refractivity contribution >= 4 is 23.8 Å². The van der Waals surface area contributed by atoms with Crippen LogP contribution in [0.1, 0.15) is 70.3 Å². The second kappa shape index (κ2) is 12.8. The highest BCUT2D eigenvalue weighted by Gasteiger charge is 2.33. The molecule has 3 aliphatic rings. The summed E-state index contributed by atoms with van der Waals surface area (Å²) in [5, 5.41) is 7.70. The van der Waals surface area contributed by atoms with Crippen LogP contribution < -0.4 is 9.47 Å². The van der Waals surface area contributed by atoms with Gasteiger partial charge in [0, 0.05) is 30.8 Å². The van der Waals surface area contributed by atoms with Crippen LogP contribution in [0.5, 0.6) is 11.5 Å². The molecule has 1 aromatic carbocycles. The summed E-state index contributed by atoms with van der Waals surface area (Å²) in [6.45, 7) is 3.52. The molecule has 2 bridgehead atoms. The SMILES string of the molecule is CCCC(CCCOc1cc(C2=C3CC=C(C=N)C=CC(CCN=C2)C3)ccc1OC)C(=O)C1CC1. The number of Topliss-reactive ketones (excluding diaryl/α,β-unsaturated/α-hetero) is 1. The zero-order valence-electron chi connectivity index (χ0n) is 21.8. The lowest BCUT2D eigenvalue weighted by atomic mass is 9.86. The maximum atomic E-state index is 12.6. The van der Waals surface area contributed by atoms with Crippen molar-refractivity contribution in [3.8, 4) is 11.5 Å². The summed E-state index contributed by atoms with van der Waals surface area (Å²) in [6.07, 6.45) is 18.6. The zero-order chi connectivity index (χ0) is 25.3. The minimum atomic E-state index is 0.178. The third kappa shape index (κ3) is 6.83. The molecule has 1 N–H and O–H groups in total. The van der Waals surface area contributed by atoms with Crippen LogP contribution in [0.15, 0.2) is 52.6 Å².